The fraction of sp³-hybridized carbons (Fsp3) is 0.500. The molecule has 14 heteroatoms. The van der Waals surface area contributed by atoms with Crippen LogP contribution in [0.25, 0.3) is 22.2 Å². The van der Waals surface area contributed by atoms with Crippen LogP contribution < -0.4 is 14.4 Å². The van der Waals surface area contributed by atoms with Crippen molar-refractivity contribution >= 4 is 38.5 Å². The number of halogens is 1. The topological polar surface area (TPSA) is 147 Å². The minimum absolute atomic E-state index is 0.0922. The highest BCUT2D eigenvalue weighted by atomic mass is 32.2. The van der Waals surface area contributed by atoms with Crippen molar-refractivity contribution in [3.8, 4) is 17.1 Å². The molecular weight excluding hydrogens is 567 g/mol. The van der Waals surface area contributed by atoms with Crippen molar-refractivity contribution in [3.05, 3.63) is 35.8 Å². The maximum absolute atomic E-state index is 15.2. The number of sulfonamides is 1. The third-order valence-electron chi connectivity index (χ3n) is 7.61. The number of methoxy groups -OCH3 is 1. The smallest absolute Gasteiger partial charge is 0.303 e. The summed E-state index contributed by atoms with van der Waals surface area (Å²) in [6.07, 6.45) is 5.15. The highest BCUT2D eigenvalue weighted by molar-refractivity contribution is 7.92. The molecule has 0 aliphatic carbocycles. The number of ether oxygens (including phenoxy) is 2. The fourth-order valence-electron chi connectivity index (χ4n) is 5.52. The predicted molar refractivity (Wildman–Crippen MR) is 156 cm³/mol. The lowest BCUT2D eigenvalue weighted by molar-refractivity contribution is -0.137. The number of hydrogen-bond acceptors (Lipinski definition) is 10. The van der Waals surface area contributed by atoms with Crippen LogP contribution >= 0.6 is 0 Å². The van der Waals surface area contributed by atoms with Crippen LogP contribution in [0, 0.1) is 11.7 Å². The fourth-order valence-corrected chi connectivity index (χ4v) is 6.06. The zero-order chi connectivity index (χ0) is 29.9. The largest absolute Gasteiger partial charge is 0.481 e. The van der Waals surface area contributed by atoms with Crippen molar-refractivity contribution in [2.45, 2.75) is 32.2 Å². The second-order valence-electron chi connectivity index (χ2n) is 10.7. The monoisotopic (exact) mass is 602 g/mol. The number of aromatic nitrogens is 3. The van der Waals surface area contributed by atoms with E-state index in [-0.39, 0.29) is 18.0 Å². The molecule has 3 aromatic rings. The molecule has 1 aromatic carbocycles. The Morgan fingerprint density at radius 1 is 1.17 bits per heavy atom. The number of hydrogen-bond donors (Lipinski definition) is 2. The average molecular weight is 603 g/mol. The Morgan fingerprint density at radius 3 is 2.57 bits per heavy atom. The summed E-state index contributed by atoms with van der Waals surface area (Å²) in [6.45, 7) is 4.26. The van der Waals surface area contributed by atoms with E-state index < -0.39 is 21.8 Å². The SMILES string of the molecule is COc1ncc(-c2nc(N3CCOCC3)nc3c(CN4CCC(CCC(=O)O)CC4)cc(F)cc23)cc1NS(C)(=O)=O. The minimum atomic E-state index is -3.64. The Balaban J connectivity index is 1.55. The first-order valence-electron chi connectivity index (χ1n) is 13.9. The molecule has 5 rings (SSSR count). The molecule has 2 aromatic heterocycles. The third kappa shape index (κ3) is 7.23. The first-order valence-corrected chi connectivity index (χ1v) is 15.8. The number of morpholine rings is 1. The Hall–Kier alpha value is -3.62. The molecule has 0 atom stereocenters. The molecule has 2 aliphatic rings. The van der Waals surface area contributed by atoms with Crippen LogP contribution in [-0.4, -0.2) is 92.1 Å². The van der Waals surface area contributed by atoms with E-state index in [1.165, 1.54) is 25.4 Å². The standard InChI is InChI=1S/C28H35FN6O6S/c1-40-27-23(33-42(2,38)39)14-19(16-30-27)25-22-15-21(29)13-20(17-34-7-5-18(6-8-34)3-4-24(36)37)26(22)32-28(31-25)35-9-11-41-12-10-35/h13-16,18,33H,3-12,17H2,1-2H3,(H,36,37). The van der Waals surface area contributed by atoms with Crippen molar-refractivity contribution < 1.29 is 32.2 Å². The van der Waals surface area contributed by atoms with Gasteiger partial charge in [-0.1, -0.05) is 0 Å². The van der Waals surface area contributed by atoms with Gasteiger partial charge >= 0.3 is 5.97 Å². The number of nitrogens with one attached hydrogen (secondary N) is 1. The van der Waals surface area contributed by atoms with Gasteiger partial charge in [-0.3, -0.25) is 14.4 Å². The summed E-state index contributed by atoms with van der Waals surface area (Å²) in [4.78, 5) is 29.3. The van der Waals surface area contributed by atoms with Gasteiger partial charge in [-0.15, -0.1) is 0 Å². The zero-order valence-electron chi connectivity index (χ0n) is 23.7. The van der Waals surface area contributed by atoms with Gasteiger partial charge in [-0.25, -0.2) is 27.8 Å². The molecular formula is C28H35FN6O6S. The molecule has 0 saturated carbocycles. The number of carboxylic acid groups (broad SMARTS) is 1. The zero-order valence-corrected chi connectivity index (χ0v) is 24.5. The number of carbonyl (C=O) groups is 1. The summed E-state index contributed by atoms with van der Waals surface area (Å²) in [5.74, 6) is -0.292. The molecule has 12 nitrogen and oxygen atoms in total. The maximum atomic E-state index is 15.2. The van der Waals surface area contributed by atoms with E-state index in [1.54, 1.807) is 6.07 Å². The van der Waals surface area contributed by atoms with Crippen molar-refractivity contribution in [1.82, 2.24) is 19.9 Å². The highest BCUT2D eigenvalue weighted by Gasteiger charge is 2.24. The summed E-state index contributed by atoms with van der Waals surface area (Å²) >= 11 is 0. The Kier molecular flexibility index (Phi) is 9.04. The number of fused-ring (bicyclic) bond motifs is 1. The van der Waals surface area contributed by atoms with Crippen LogP contribution in [0.15, 0.2) is 24.4 Å². The number of pyridine rings is 1. The summed E-state index contributed by atoms with van der Waals surface area (Å²) in [5.41, 5.74) is 2.34. The van der Waals surface area contributed by atoms with E-state index in [4.69, 9.17) is 24.5 Å². The van der Waals surface area contributed by atoms with Crippen LogP contribution in [0.1, 0.15) is 31.2 Å². The predicted octanol–water partition coefficient (Wildman–Crippen LogP) is 3.12. The minimum Gasteiger partial charge on any atom is -0.481 e. The van der Waals surface area contributed by atoms with Crippen LogP contribution in [0.4, 0.5) is 16.0 Å². The number of benzene rings is 1. The first kappa shape index (κ1) is 29.9. The van der Waals surface area contributed by atoms with Gasteiger partial charge in [-0.05, 0) is 62.0 Å². The summed E-state index contributed by atoms with van der Waals surface area (Å²) in [7, 11) is -2.25. The van der Waals surface area contributed by atoms with Gasteiger partial charge in [0, 0.05) is 43.2 Å². The highest BCUT2D eigenvalue weighted by Crippen LogP contribution is 2.35. The van der Waals surface area contributed by atoms with Crippen LogP contribution in [0.3, 0.4) is 0 Å². The first-order chi connectivity index (χ1) is 20.1. The number of rotatable bonds is 10. The van der Waals surface area contributed by atoms with Crippen molar-refractivity contribution in [3.63, 3.8) is 0 Å². The molecule has 2 N–H and O–H groups in total. The molecule has 2 saturated heterocycles. The van der Waals surface area contributed by atoms with E-state index >= 15 is 4.39 Å². The van der Waals surface area contributed by atoms with E-state index in [2.05, 4.69) is 14.6 Å². The van der Waals surface area contributed by atoms with Crippen LogP contribution in [-0.2, 0) is 26.1 Å². The molecule has 226 valence electrons. The molecule has 2 fully saturated rings. The molecule has 0 amide bonds. The lowest BCUT2D eigenvalue weighted by Crippen LogP contribution is -2.37. The number of carboxylic acids is 1. The molecule has 4 heterocycles. The number of piperidine rings is 1. The van der Waals surface area contributed by atoms with Crippen molar-refractivity contribution in [2.75, 3.05) is 62.4 Å². The molecule has 0 unspecified atom stereocenters. The lowest BCUT2D eigenvalue weighted by Gasteiger charge is -2.32. The summed E-state index contributed by atoms with van der Waals surface area (Å²) in [5, 5.41) is 9.50. The Morgan fingerprint density at radius 2 is 1.90 bits per heavy atom. The summed E-state index contributed by atoms with van der Waals surface area (Å²) < 4.78 is 52.5. The van der Waals surface area contributed by atoms with Crippen LogP contribution in [0.5, 0.6) is 5.88 Å². The molecule has 0 bridgehead atoms. The lowest BCUT2D eigenvalue weighted by atomic mass is 9.92. The van der Waals surface area contributed by atoms with E-state index in [0.29, 0.717) is 78.9 Å². The Bertz CT molecular complexity index is 1560. The van der Waals surface area contributed by atoms with Crippen molar-refractivity contribution in [2.24, 2.45) is 5.92 Å². The molecule has 0 radical (unpaired) electrons. The van der Waals surface area contributed by atoms with Gasteiger partial charge in [-0.2, -0.15) is 0 Å². The van der Waals surface area contributed by atoms with Crippen molar-refractivity contribution in [1.29, 1.82) is 0 Å². The summed E-state index contributed by atoms with van der Waals surface area (Å²) in [6, 6.07) is 4.47. The quantitative estimate of drug-likeness (QED) is 0.353. The number of nitrogens with zero attached hydrogens (tertiary/aromatic N) is 5. The normalized spacial score (nSPS) is 17.0. The van der Waals surface area contributed by atoms with Gasteiger partial charge in [0.25, 0.3) is 0 Å². The number of anilines is 2. The second-order valence-corrected chi connectivity index (χ2v) is 12.5. The van der Waals surface area contributed by atoms with E-state index in [1.807, 2.05) is 4.90 Å². The van der Waals surface area contributed by atoms with Gasteiger partial charge in [0.15, 0.2) is 0 Å². The molecule has 42 heavy (non-hydrogen) atoms. The van der Waals surface area contributed by atoms with Gasteiger partial charge < -0.3 is 19.5 Å². The van der Waals surface area contributed by atoms with E-state index in [0.717, 1.165) is 32.2 Å². The Labute approximate surface area is 243 Å². The third-order valence-corrected chi connectivity index (χ3v) is 8.20. The van der Waals surface area contributed by atoms with E-state index in [9.17, 15) is 13.2 Å². The second kappa shape index (κ2) is 12.7. The molecule has 0 spiro atoms. The van der Waals surface area contributed by atoms with Gasteiger partial charge in [0.1, 0.15) is 11.5 Å². The molecule has 2 aliphatic heterocycles. The number of likely N-dealkylation sites (tertiary alicyclic amines) is 1. The van der Waals surface area contributed by atoms with Gasteiger partial charge in [0.05, 0.1) is 37.8 Å². The number of aliphatic carboxylic acids is 1. The maximum Gasteiger partial charge on any atom is 0.303 e. The van der Waals surface area contributed by atoms with Crippen LogP contribution in [0.2, 0.25) is 0 Å². The average Bonchev–Trinajstić information content (AvgIpc) is 2.96. The van der Waals surface area contributed by atoms with Gasteiger partial charge in [0.2, 0.25) is 21.9 Å².